The molecule has 1 amide bonds. The van der Waals surface area contributed by atoms with Gasteiger partial charge in [0.1, 0.15) is 23.9 Å². The topological polar surface area (TPSA) is 55.6 Å². The van der Waals surface area contributed by atoms with E-state index in [0.29, 0.717) is 23.6 Å². The summed E-state index contributed by atoms with van der Waals surface area (Å²) in [7, 11) is 0. The van der Waals surface area contributed by atoms with Crippen LogP contribution in [0.3, 0.4) is 0 Å². The minimum atomic E-state index is -0.344. The molecule has 0 fully saturated rings. The van der Waals surface area contributed by atoms with E-state index < -0.39 is 0 Å². The second-order valence-corrected chi connectivity index (χ2v) is 7.02. The van der Waals surface area contributed by atoms with Gasteiger partial charge in [0.05, 0.1) is 12.1 Å². The van der Waals surface area contributed by atoms with Crippen molar-refractivity contribution in [2.45, 2.75) is 20.1 Å². The summed E-state index contributed by atoms with van der Waals surface area (Å²) in [6.45, 7) is 2.20. The lowest BCUT2D eigenvalue weighted by atomic mass is 10.1. The molecule has 1 aromatic heterocycles. The molecule has 0 saturated heterocycles. The van der Waals surface area contributed by atoms with Gasteiger partial charge in [-0.1, -0.05) is 53.7 Å². The first-order valence-corrected chi connectivity index (χ1v) is 9.86. The van der Waals surface area contributed by atoms with Crippen LogP contribution in [0, 0.1) is 12.7 Å². The van der Waals surface area contributed by atoms with Crippen LogP contribution in [0.5, 0.6) is 5.75 Å². The van der Waals surface area contributed by atoms with Crippen LogP contribution in [0.15, 0.2) is 89.5 Å². The van der Waals surface area contributed by atoms with Gasteiger partial charge in [0.25, 0.3) is 5.91 Å². The molecular weight excluding hydrogens is 395 g/mol. The third-order valence-electron chi connectivity index (χ3n) is 4.88. The van der Waals surface area contributed by atoms with Crippen LogP contribution in [-0.4, -0.2) is 11.1 Å². The number of aryl methyl sites for hydroxylation is 1. The molecule has 4 aromatic rings. The number of benzene rings is 3. The summed E-state index contributed by atoms with van der Waals surface area (Å²) in [6, 6.07) is 24.9. The fourth-order valence-electron chi connectivity index (χ4n) is 3.20. The van der Waals surface area contributed by atoms with Crippen molar-refractivity contribution in [2.75, 3.05) is 4.90 Å². The molecule has 0 aliphatic heterocycles. The fraction of sp³-hybridized carbons (Fsp3) is 0.120. The van der Waals surface area contributed by atoms with E-state index in [1.807, 2.05) is 60.7 Å². The summed E-state index contributed by atoms with van der Waals surface area (Å²) in [4.78, 5) is 15.2. The molecule has 3 aromatic carbocycles. The van der Waals surface area contributed by atoms with Gasteiger partial charge >= 0.3 is 0 Å². The van der Waals surface area contributed by atoms with Gasteiger partial charge in [-0.2, -0.15) is 0 Å². The molecule has 0 aliphatic rings. The van der Waals surface area contributed by atoms with Gasteiger partial charge in [0.15, 0.2) is 5.69 Å². The second-order valence-electron chi connectivity index (χ2n) is 7.02. The molecule has 0 spiro atoms. The molecule has 156 valence electrons. The van der Waals surface area contributed by atoms with Gasteiger partial charge in [-0.25, -0.2) is 4.39 Å². The average Bonchev–Trinajstić information content (AvgIpc) is 3.18. The molecule has 0 unspecified atom stereocenters. The molecule has 1 heterocycles. The lowest BCUT2D eigenvalue weighted by molar-refractivity contribution is 0.0974. The number of amides is 1. The molecule has 0 aliphatic carbocycles. The predicted molar refractivity (Wildman–Crippen MR) is 115 cm³/mol. The van der Waals surface area contributed by atoms with Crippen LogP contribution in [0.2, 0.25) is 0 Å². The Bertz CT molecular complexity index is 1140. The van der Waals surface area contributed by atoms with Crippen LogP contribution < -0.4 is 9.64 Å². The molecule has 6 heteroatoms. The number of para-hydroxylation sites is 1. The van der Waals surface area contributed by atoms with Crippen molar-refractivity contribution in [3.63, 3.8) is 0 Å². The Hall–Kier alpha value is -3.93. The maximum atomic E-state index is 13.5. The van der Waals surface area contributed by atoms with Crippen LogP contribution in [0.25, 0.3) is 0 Å². The SMILES string of the molecule is Cc1onc(C(=O)N(Cc2ccccc2)c2ccccc2)c1COc1ccc(F)cc1. The number of carbonyl (C=O) groups excluding carboxylic acids is 1. The zero-order valence-electron chi connectivity index (χ0n) is 17.0. The zero-order valence-corrected chi connectivity index (χ0v) is 17.0. The average molecular weight is 416 g/mol. The standard InChI is InChI=1S/C25H21FN2O3/c1-18-23(17-30-22-14-12-20(26)13-15-22)24(27-31-18)25(29)28(21-10-6-3-7-11-21)16-19-8-4-2-5-9-19/h2-15H,16-17H2,1H3. The summed E-state index contributed by atoms with van der Waals surface area (Å²) in [5.74, 6) is 0.358. The van der Waals surface area contributed by atoms with Gasteiger partial charge in [0, 0.05) is 5.69 Å². The smallest absolute Gasteiger partial charge is 0.281 e. The summed E-state index contributed by atoms with van der Waals surface area (Å²) in [5, 5.41) is 4.02. The Morgan fingerprint density at radius 1 is 0.968 bits per heavy atom. The third kappa shape index (κ3) is 4.80. The van der Waals surface area contributed by atoms with Crippen molar-refractivity contribution < 1.29 is 18.4 Å². The second kappa shape index (κ2) is 9.26. The Morgan fingerprint density at radius 3 is 2.29 bits per heavy atom. The number of hydrogen-bond donors (Lipinski definition) is 0. The lowest BCUT2D eigenvalue weighted by Crippen LogP contribution is -2.31. The van der Waals surface area contributed by atoms with E-state index in [1.165, 1.54) is 24.3 Å². The van der Waals surface area contributed by atoms with Gasteiger partial charge in [0.2, 0.25) is 0 Å². The van der Waals surface area contributed by atoms with E-state index in [0.717, 1.165) is 11.3 Å². The first-order valence-electron chi connectivity index (χ1n) is 9.86. The monoisotopic (exact) mass is 416 g/mol. The molecule has 0 radical (unpaired) electrons. The van der Waals surface area contributed by atoms with Crippen molar-refractivity contribution in [3.05, 3.63) is 113 Å². The maximum Gasteiger partial charge on any atom is 0.281 e. The van der Waals surface area contributed by atoms with Crippen LogP contribution in [-0.2, 0) is 13.2 Å². The van der Waals surface area contributed by atoms with Crippen molar-refractivity contribution >= 4 is 11.6 Å². The van der Waals surface area contributed by atoms with Gasteiger partial charge in [-0.3, -0.25) is 4.79 Å². The van der Waals surface area contributed by atoms with Gasteiger partial charge < -0.3 is 14.2 Å². The van der Waals surface area contributed by atoms with Crippen LogP contribution in [0.1, 0.15) is 27.4 Å². The normalized spacial score (nSPS) is 10.6. The first-order chi connectivity index (χ1) is 15.1. The Morgan fingerprint density at radius 2 is 1.61 bits per heavy atom. The van der Waals surface area contributed by atoms with Gasteiger partial charge in [-0.15, -0.1) is 0 Å². The van der Waals surface area contributed by atoms with Crippen LogP contribution in [0.4, 0.5) is 10.1 Å². The molecule has 5 nitrogen and oxygen atoms in total. The number of aromatic nitrogens is 1. The molecular formula is C25H21FN2O3. The minimum absolute atomic E-state index is 0.0794. The molecule has 0 atom stereocenters. The van der Waals surface area contributed by atoms with E-state index in [4.69, 9.17) is 9.26 Å². The molecule has 0 bridgehead atoms. The van der Waals surface area contributed by atoms with E-state index >= 15 is 0 Å². The number of rotatable bonds is 7. The predicted octanol–water partition coefficient (Wildman–Crippen LogP) is 5.55. The van der Waals surface area contributed by atoms with Gasteiger partial charge in [-0.05, 0) is 48.9 Å². The molecule has 4 rings (SSSR count). The number of anilines is 1. The number of nitrogens with zero attached hydrogens (tertiary/aromatic N) is 2. The maximum absolute atomic E-state index is 13.5. The van der Waals surface area contributed by atoms with E-state index in [-0.39, 0.29) is 24.0 Å². The Balaban J connectivity index is 1.62. The lowest BCUT2D eigenvalue weighted by Gasteiger charge is -2.22. The molecule has 0 N–H and O–H groups in total. The van der Waals surface area contributed by atoms with Crippen LogP contribution >= 0.6 is 0 Å². The Labute approximate surface area is 179 Å². The minimum Gasteiger partial charge on any atom is -0.489 e. The number of hydrogen-bond acceptors (Lipinski definition) is 4. The highest BCUT2D eigenvalue weighted by Crippen LogP contribution is 2.24. The van der Waals surface area contributed by atoms with E-state index in [9.17, 15) is 9.18 Å². The Kier molecular flexibility index (Phi) is 6.08. The summed E-state index contributed by atoms with van der Waals surface area (Å²) in [6.07, 6.45) is 0. The first kappa shape index (κ1) is 20.3. The third-order valence-corrected chi connectivity index (χ3v) is 4.88. The highest BCUT2D eigenvalue weighted by Gasteiger charge is 2.26. The largest absolute Gasteiger partial charge is 0.489 e. The molecule has 31 heavy (non-hydrogen) atoms. The highest BCUT2D eigenvalue weighted by molar-refractivity contribution is 6.05. The number of carbonyl (C=O) groups is 1. The number of ether oxygens (including phenoxy) is 1. The van der Waals surface area contributed by atoms with Crippen molar-refractivity contribution in [2.24, 2.45) is 0 Å². The van der Waals surface area contributed by atoms with E-state index in [2.05, 4.69) is 5.16 Å². The zero-order chi connectivity index (χ0) is 21.6. The van der Waals surface area contributed by atoms with Crippen molar-refractivity contribution in [1.82, 2.24) is 5.16 Å². The van der Waals surface area contributed by atoms with Crippen molar-refractivity contribution in [3.8, 4) is 5.75 Å². The quantitative estimate of drug-likeness (QED) is 0.396. The fourth-order valence-corrected chi connectivity index (χ4v) is 3.20. The van der Waals surface area contributed by atoms with Crippen molar-refractivity contribution in [1.29, 1.82) is 0 Å². The highest BCUT2D eigenvalue weighted by atomic mass is 19.1. The summed E-state index contributed by atoms with van der Waals surface area (Å²) >= 11 is 0. The van der Waals surface area contributed by atoms with E-state index in [1.54, 1.807) is 11.8 Å². The molecule has 0 saturated carbocycles. The summed E-state index contributed by atoms with van der Waals surface area (Å²) in [5.41, 5.74) is 2.49. The summed E-state index contributed by atoms with van der Waals surface area (Å²) < 4.78 is 24.2. The number of halogens is 1.